The molecule has 1 aromatic carbocycles. The topological polar surface area (TPSA) is 102 Å². The van der Waals surface area contributed by atoms with Gasteiger partial charge in [0.25, 0.3) is 0 Å². The quantitative estimate of drug-likeness (QED) is 0.737. The van der Waals surface area contributed by atoms with E-state index in [1.807, 2.05) is 0 Å². The summed E-state index contributed by atoms with van der Waals surface area (Å²) in [6.07, 6.45) is -0.548. The molecule has 1 unspecified atom stereocenters. The zero-order valence-electron chi connectivity index (χ0n) is 16.8. The average Bonchev–Trinajstić information content (AvgIpc) is 2.44. The van der Waals surface area contributed by atoms with Gasteiger partial charge in [-0.1, -0.05) is 24.3 Å². The molecular weight excluding hydrogens is 350 g/mol. The molecule has 150 valence electrons. The van der Waals surface area contributed by atoms with Gasteiger partial charge in [0.2, 0.25) is 0 Å². The molecule has 1 atom stereocenters. The Bertz CT molecular complexity index is 667. The third-order valence-electron chi connectivity index (χ3n) is 3.22. The molecule has 0 saturated carbocycles. The smallest absolute Gasteiger partial charge is 0.408 e. The first-order valence-corrected chi connectivity index (χ1v) is 8.77. The molecule has 7 heteroatoms. The van der Waals surface area contributed by atoms with E-state index in [9.17, 15) is 19.5 Å². The highest BCUT2D eigenvalue weighted by Crippen LogP contribution is 2.13. The second-order valence-electron chi connectivity index (χ2n) is 8.32. The van der Waals surface area contributed by atoms with Crippen molar-refractivity contribution in [1.29, 1.82) is 0 Å². The van der Waals surface area contributed by atoms with E-state index in [2.05, 4.69) is 5.32 Å². The minimum absolute atomic E-state index is 0.0985. The summed E-state index contributed by atoms with van der Waals surface area (Å²) in [5, 5.41) is 11.7. The monoisotopic (exact) mass is 379 g/mol. The zero-order valence-corrected chi connectivity index (χ0v) is 16.8. The SMILES string of the molecule is CC(C)(C)OC(=O)Cc1ccc(CC(NC(=O)OC(C)(C)C)C(=O)O)cc1. The fraction of sp³-hybridized carbons (Fsp3) is 0.550. The van der Waals surface area contributed by atoms with Gasteiger partial charge in [0.15, 0.2) is 0 Å². The number of alkyl carbamates (subject to hydrolysis) is 1. The van der Waals surface area contributed by atoms with Crippen LogP contribution in [0.25, 0.3) is 0 Å². The first-order valence-electron chi connectivity index (χ1n) is 8.77. The maximum Gasteiger partial charge on any atom is 0.408 e. The summed E-state index contributed by atoms with van der Waals surface area (Å²) < 4.78 is 10.4. The number of benzene rings is 1. The number of nitrogens with one attached hydrogen (secondary N) is 1. The minimum atomic E-state index is -1.15. The van der Waals surface area contributed by atoms with Crippen LogP contribution < -0.4 is 5.32 Å². The van der Waals surface area contributed by atoms with Crippen LogP contribution in [0.2, 0.25) is 0 Å². The van der Waals surface area contributed by atoms with Crippen LogP contribution in [-0.2, 0) is 31.9 Å². The Labute approximate surface area is 160 Å². The van der Waals surface area contributed by atoms with Gasteiger partial charge in [-0.05, 0) is 52.7 Å². The van der Waals surface area contributed by atoms with Crippen LogP contribution in [0.1, 0.15) is 52.7 Å². The standard InChI is InChI=1S/C20H29NO6/c1-19(2,3)26-16(22)12-14-9-7-13(8-10-14)11-15(17(23)24)21-18(25)27-20(4,5)6/h7-10,15H,11-12H2,1-6H3,(H,21,25)(H,23,24). The number of carbonyl (C=O) groups is 3. The first kappa shape index (κ1) is 22.5. The van der Waals surface area contributed by atoms with Gasteiger partial charge in [0.05, 0.1) is 6.42 Å². The highest BCUT2D eigenvalue weighted by molar-refractivity contribution is 5.80. The number of aliphatic carboxylic acids is 1. The molecule has 0 fully saturated rings. The van der Waals surface area contributed by atoms with Crippen LogP contribution in [0.15, 0.2) is 24.3 Å². The predicted octanol–water partition coefficient (Wildman–Crippen LogP) is 3.09. The summed E-state index contributed by atoms with van der Waals surface area (Å²) in [5.74, 6) is -1.48. The number of carbonyl (C=O) groups excluding carboxylic acids is 2. The first-order chi connectivity index (χ1) is 12.2. The van der Waals surface area contributed by atoms with Crippen LogP contribution in [-0.4, -0.2) is 40.4 Å². The normalized spacial score (nSPS) is 12.8. The summed E-state index contributed by atoms with van der Waals surface area (Å²) in [7, 11) is 0. The van der Waals surface area contributed by atoms with E-state index in [4.69, 9.17) is 9.47 Å². The van der Waals surface area contributed by atoms with Crippen molar-refractivity contribution in [3.05, 3.63) is 35.4 Å². The molecule has 2 N–H and O–H groups in total. The van der Waals surface area contributed by atoms with Gasteiger partial charge >= 0.3 is 18.0 Å². The van der Waals surface area contributed by atoms with Crippen molar-refractivity contribution in [2.75, 3.05) is 0 Å². The number of carboxylic acid groups (broad SMARTS) is 1. The van der Waals surface area contributed by atoms with Gasteiger partial charge in [-0.2, -0.15) is 0 Å². The van der Waals surface area contributed by atoms with Crippen molar-refractivity contribution in [1.82, 2.24) is 5.32 Å². The molecule has 1 amide bonds. The maximum absolute atomic E-state index is 11.9. The second kappa shape index (κ2) is 8.88. The van der Waals surface area contributed by atoms with E-state index in [1.54, 1.807) is 65.8 Å². The van der Waals surface area contributed by atoms with E-state index in [0.29, 0.717) is 5.56 Å². The van der Waals surface area contributed by atoms with Crippen molar-refractivity contribution in [3.8, 4) is 0 Å². The molecule has 0 radical (unpaired) electrons. The Morgan fingerprint density at radius 1 is 0.926 bits per heavy atom. The van der Waals surface area contributed by atoms with E-state index in [0.717, 1.165) is 5.56 Å². The van der Waals surface area contributed by atoms with Gasteiger partial charge in [-0.25, -0.2) is 9.59 Å². The number of hydrogen-bond acceptors (Lipinski definition) is 5. The van der Waals surface area contributed by atoms with Gasteiger partial charge in [0, 0.05) is 6.42 Å². The van der Waals surface area contributed by atoms with Crippen LogP contribution in [0, 0.1) is 0 Å². The van der Waals surface area contributed by atoms with E-state index in [1.165, 1.54) is 0 Å². The van der Waals surface area contributed by atoms with Crippen LogP contribution in [0.3, 0.4) is 0 Å². The van der Waals surface area contributed by atoms with Gasteiger partial charge < -0.3 is 19.9 Å². The Morgan fingerprint density at radius 3 is 1.85 bits per heavy atom. The molecule has 0 aliphatic rings. The second-order valence-corrected chi connectivity index (χ2v) is 8.32. The molecule has 0 heterocycles. The Hall–Kier alpha value is -2.57. The lowest BCUT2D eigenvalue weighted by Gasteiger charge is -2.22. The summed E-state index contributed by atoms with van der Waals surface area (Å²) in [5.41, 5.74) is 0.224. The molecule has 0 aliphatic heterocycles. The predicted molar refractivity (Wildman–Crippen MR) is 100 cm³/mol. The minimum Gasteiger partial charge on any atom is -0.480 e. The average molecular weight is 379 g/mol. The van der Waals surface area contributed by atoms with Crippen LogP contribution in [0.5, 0.6) is 0 Å². The van der Waals surface area contributed by atoms with Gasteiger partial charge in [0.1, 0.15) is 17.2 Å². The lowest BCUT2D eigenvalue weighted by Crippen LogP contribution is -2.44. The molecule has 1 rings (SSSR count). The Morgan fingerprint density at radius 2 is 1.41 bits per heavy atom. The molecule has 27 heavy (non-hydrogen) atoms. The zero-order chi connectivity index (χ0) is 20.8. The number of ether oxygens (including phenoxy) is 2. The van der Waals surface area contributed by atoms with E-state index in [-0.39, 0.29) is 18.8 Å². The summed E-state index contributed by atoms with van der Waals surface area (Å²) in [6, 6.07) is 5.83. The number of amides is 1. The molecule has 7 nitrogen and oxygen atoms in total. The van der Waals surface area contributed by atoms with Crippen LogP contribution >= 0.6 is 0 Å². The van der Waals surface area contributed by atoms with E-state index >= 15 is 0 Å². The highest BCUT2D eigenvalue weighted by atomic mass is 16.6. The fourth-order valence-corrected chi connectivity index (χ4v) is 2.22. The van der Waals surface area contributed by atoms with Crippen molar-refractivity contribution in [3.63, 3.8) is 0 Å². The van der Waals surface area contributed by atoms with Gasteiger partial charge in [-0.3, -0.25) is 4.79 Å². The molecule has 0 bridgehead atoms. The van der Waals surface area contributed by atoms with E-state index < -0.39 is 29.3 Å². The Balaban J connectivity index is 2.69. The summed E-state index contributed by atoms with van der Waals surface area (Å²) in [4.78, 5) is 35.1. The van der Waals surface area contributed by atoms with Crippen molar-refractivity contribution < 1.29 is 29.0 Å². The molecule has 0 spiro atoms. The molecular formula is C20H29NO6. The molecule has 0 aromatic heterocycles. The Kier molecular flexibility index (Phi) is 7.39. The van der Waals surface area contributed by atoms with Gasteiger partial charge in [-0.15, -0.1) is 0 Å². The lowest BCUT2D eigenvalue weighted by molar-refractivity contribution is -0.154. The number of esters is 1. The molecule has 1 aromatic rings. The molecule has 0 aliphatic carbocycles. The number of rotatable bonds is 6. The number of carboxylic acids is 1. The summed E-state index contributed by atoms with van der Waals surface area (Å²) >= 11 is 0. The largest absolute Gasteiger partial charge is 0.480 e. The van der Waals surface area contributed by atoms with Crippen molar-refractivity contribution >= 4 is 18.0 Å². The third kappa shape index (κ3) is 9.63. The lowest BCUT2D eigenvalue weighted by atomic mass is 10.0. The maximum atomic E-state index is 11.9. The molecule has 0 saturated heterocycles. The number of hydrogen-bond donors (Lipinski definition) is 2. The summed E-state index contributed by atoms with van der Waals surface area (Å²) in [6.45, 7) is 10.5. The highest BCUT2D eigenvalue weighted by Gasteiger charge is 2.24. The van der Waals surface area contributed by atoms with Crippen molar-refractivity contribution in [2.24, 2.45) is 0 Å². The fourth-order valence-electron chi connectivity index (χ4n) is 2.22. The van der Waals surface area contributed by atoms with Crippen LogP contribution in [0.4, 0.5) is 4.79 Å². The third-order valence-corrected chi connectivity index (χ3v) is 3.22. The van der Waals surface area contributed by atoms with Crippen molar-refractivity contribution in [2.45, 2.75) is 71.6 Å².